The number of benzene rings is 2. The van der Waals surface area contributed by atoms with Crippen molar-refractivity contribution in [3.63, 3.8) is 0 Å². The summed E-state index contributed by atoms with van der Waals surface area (Å²) in [5, 5.41) is 11.6. The Bertz CT molecular complexity index is 1500. The summed E-state index contributed by atoms with van der Waals surface area (Å²) in [6.07, 6.45) is 1.28. The zero-order valence-electron chi connectivity index (χ0n) is 21.8. The zero-order chi connectivity index (χ0) is 28.3. The van der Waals surface area contributed by atoms with Crippen LogP contribution in [-0.4, -0.2) is 59.9 Å². The first kappa shape index (κ1) is 27.7. The van der Waals surface area contributed by atoms with Gasteiger partial charge in [0.05, 0.1) is 21.8 Å². The lowest BCUT2D eigenvalue weighted by Crippen LogP contribution is -2.31. The minimum Gasteiger partial charge on any atom is -0.478 e. The van der Waals surface area contributed by atoms with Gasteiger partial charge in [-0.05, 0) is 68.5 Å². The Morgan fingerprint density at radius 3 is 2.42 bits per heavy atom. The standard InChI is InChI=1S/C28H29N3O8S/c1-17-15-24(38-21-4-2-3-19(16-21)27(33)34)30-28(29-17)31-26(32)25(39-20-11-13-37-14-12-20)18-5-7-22(8-6-18)40(35,36)23-9-10-23/h2-8,15-16,20,23,25H,9-14H2,1H3,(H,33,34)(H,29,30,31,32). The number of anilines is 1. The number of rotatable bonds is 10. The molecule has 5 rings (SSSR count). The molecular weight excluding hydrogens is 538 g/mol. The van der Waals surface area contributed by atoms with Gasteiger partial charge >= 0.3 is 5.97 Å². The quantitative estimate of drug-likeness (QED) is 0.366. The van der Waals surface area contributed by atoms with Crippen molar-refractivity contribution >= 4 is 27.7 Å². The molecule has 11 nitrogen and oxygen atoms in total. The van der Waals surface area contributed by atoms with E-state index in [0.717, 1.165) is 0 Å². The van der Waals surface area contributed by atoms with E-state index in [4.69, 9.17) is 14.2 Å². The van der Waals surface area contributed by atoms with Crippen LogP contribution in [0.2, 0.25) is 0 Å². The van der Waals surface area contributed by atoms with Crippen molar-refractivity contribution in [1.29, 1.82) is 0 Å². The third kappa shape index (κ3) is 6.64. The zero-order valence-corrected chi connectivity index (χ0v) is 22.6. The fraction of sp³-hybridized carbons (Fsp3) is 0.357. The van der Waals surface area contributed by atoms with Gasteiger partial charge in [0.15, 0.2) is 15.9 Å². The molecule has 1 aliphatic heterocycles. The van der Waals surface area contributed by atoms with Crippen LogP contribution >= 0.6 is 0 Å². The Labute approximate surface area is 231 Å². The smallest absolute Gasteiger partial charge is 0.335 e. The molecule has 2 fully saturated rings. The third-order valence-corrected chi connectivity index (χ3v) is 8.86. The lowest BCUT2D eigenvalue weighted by atomic mass is 10.1. The number of amides is 1. The average molecular weight is 568 g/mol. The molecule has 0 spiro atoms. The van der Waals surface area contributed by atoms with Gasteiger partial charge in [-0.25, -0.2) is 18.2 Å². The summed E-state index contributed by atoms with van der Waals surface area (Å²) in [5.74, 6) is -1.28. The van der Waals surface area contributed by atoms with E-state index >= 15 is 0 Å². The maximum atomic E-state index is 13.5. The van der Waals surface area contributed by atoms with Crippen molar-refractivity contribution in [1.82, 2.24) is 9.97 Å². The number of hydrogen-bond acceptors (Lipinski definition) is 9. The summed E-state index contributed by atoms with van der Waals surface area (Å²) in [6.45, 7) is 2.73. The molecule has 1 atom stereocenters. The van der Waals surface area contributed by atoms with Crippen LogP contribution in [0, 0.1) is 6.92 Å². The molecule has 210 valence electrons. The van der Waals surface area contributed by atoms with Crippen LogP contribution in [0.4, 0.5) is 5.95 Å². The summed E-state index contributed by atoms with van der Waals surface area (Å²) in [6, 6.07) is 13.7. The highest BCUT2D eigenvalue weighted by molar-refractivity contribution is 7.92. The van der Waals surface area contributed by atoms with Crippen LogP contribution in [0.5, 0.6) is 11.6 Å². The highest BCUT2D eigenvalue weighted by Gasteiger charge is 2.37. The predicted molar refractivity (Wildman–Crippen MR) is 143 cm³/mol. The van der Waals surface area contributed by atoms with E-state index in [1.807, 2.05) is 0 Å². The Hall–Kier alpha value is -3.87. The summed E-state index contributed by atoms with van der Waals surface area (Å²) >= 11 is 0. The second-order valence-corrected chi connectivity index (χ2v) is 12.0. The molecule has 0 bridgehead atoms. The predicted octanol–water partition coefficient (Wildman–Crippen LogP) is 4.09. The number of carboxylic acids is 1. The molecule has 2 N–H and O–H groups in total. The minimum absolute atomic E-state index is 0.0251. The molecule has 1 saturated carbocycles. The van der Waals surface area contributed by atoms with E-state index in [9.17, 15) is 23.1 Å². The summed E-state index contributed by atoms with van der Waals surface area (Å²) in [4.78, 5) is 33.6. The number of aryl methyl sites for hydroxylation is 1. The molecule has 0 radical (unpaired) electrons. The Kier molecular flexibility index (Phi) is 8.10. The van der Waals surface area contributed by atoms with Crippen molar-refractivity contribution in [2.45, 2.75) is 55.0 Å². The van der Waals surface area contributed by atoms with Gasteiger partial charge in [-0.1, -0.05) is 18.2 Å². The first-order valence-corrected chi connectivity index (χ1v) is 14.5. The van der Waals surface area contributed by atoms with Gasteiger partial charge in [0.1, 0.15) is 5.75 Å². The monoisotopic (exact) mass is 567 g/mol. The number of sulfone groups is 1. The maximum absolute atomic E-state index is 13.5. The number of aromatic carboxylic acids is 1. The van der Waals surface area contributed by atoms with Crippen molar-refractivity contribution < 1.29 is 37.3 Å². The molecule has 1 aromatic heterocycles. The fourth-order valence-corrected chi connectivity index (χ4v) is 5.99. The number of hydrogen-bond donors (Lipinski definition) is 2. The van der Waals surface area contributed by atoms with Gasteiger partial charge < -0.3 is 19.3 Å². The summed E-state index contributed by atoms with van der Waals surface area (Å²) < 4.78 is 42.6. The van der Waals surface area contributed by atoms with Gasteiger partial charge in [-0.2, -0.15) is 4.98 Å². The lowest BCUT2D eigenvalue weighted by Gasteiger charge is -2.27. The van der Waals surface area contributed by atoms with Gasteiger partial charge in [-0.3, -0.25) is 10.1 Å². The van der Waals surface area contributed by atoms with E-state index in [1.54, 1.807) is 37.3 Å². The average Bonchev–Trinajstić information content (AvgIpc) is 3.79. The molecular formula is C28H29N3O8S. The van der Waals surface area contributed by atoms with Crippen molar-refractivity contribution in [2.75, 3.05) is 18.5 Å². The lowest BCUT2D eigenvalue weighted by molar-refractivity contribution is -0.136. The largest absolute Gasteiger partial charge is 0.478 e. The van der Waals surface area contributed by atoms with E-state index in [0.29, 0.717) is 50.2 Å². The molecule has 1 saturated heterocycles. The van der Waals surface area contributed by atoms with Gasteiger partial charge in [0, 0.05) is 25.0 Å². The normalized spacial score (nSPS) is 16.7. The van der Waals surface area contributed by atoms with E-state index < -0.39 is 27.8 Å². The Balaban J connectivity index is 1.37. The van der Waals surface area contributed by atoms with Gasteiger partial charge in [0.25, 0.3) is 5.91 Å². The van der Waals surface area contributed by atoms with Crippen LogP contribution in [-0.2, 0) is 24.1 Å². The molecule has 12 heteroatoms. The highest BCUT2D eigenvalue weighted by Crippen LogP contribution is 2.34. The van der Waals surface area contributed by atoms with Crippen LogP contribution in [0.1, 0.15) is 53.4 Å². The molecule has 40 heavy (non-hydrogen) atoms. The second kappa shape index (κ2) is 11.7. The van der Waals surface area contributed by atoms with Crippen molar-refractivity contribution in [3.8, 4) is 11.6 Å². The molecule has 2 aliphatic rings. The molecule has 1 amide bonds. The fourth-order valence-electron chi connectivity index (χ4n) is 4.34. The number of aromatic nitrogens is 2. The Morgan fingerprint density at radius 1 is 1.02 bits per heavy atom. The topological polar surface area (TPSA) is 154 Å². The molecule has 1 aliphatic carbocycles. The maximum Gasteiger partial charge on any atom is 0.335 e. The number of carbonyl (C=O) groups excluding carboxylic acids is 1. The first-order chi connectivity index (χ1) is 19.2. The number of nitrogens with zero attached hydrogens (tertiary/aromatic N) is 2. The molecule has 1 unspecified atom stereocenters. The van der Waals surface area contributed by atoms with Crippen LogP contribution < -0.4 is 10.1 Å². The van der Waals surface area contributed by atoms with E-state index in [1.165, 1.54) is 24.3 Å². The van der Waals surface area contributed by atoms with Crippen LogP contribution in [0.15, 0.2) is 59.5 Å². The number of carbonyl (C=O) groups is 2. The SMILES string of the molecule is Cc1cc(Oc2cccc(C(=O)O)c2)nc(NC(=O)C(OC2CCOCC2)c2ccc(S(=O)(=O)C3CC3)cc2)n1. The first-order valence-electron chi connectivity index (χ1n) is 12.9. The van der Waals surface area contributed by atoms with E-state index in [2.05, 4.69) is 15.3 Å². The summed E-state index contributed by atoms with van der Waals surface area (Å²) in [5.41, 5.74) is 1.06. The number of nitrogens with one attached hydrogen (secondary N) is 1. The third-order valence-electron chi connectivity index (χ3n) is 6.58. The van der Waals surface area contributed by atoms with Gasteiger partial charge in [0.2, 0.25) is 11.8 Å². The number of carboxylic acid groups (broad SMARTS) is 1. The molecule has 2 aromatic carbocycles. The van der Waals surface area contributed by atoms with Gasteiger partial charge in [-0.15, -0.1) is 0 Å². The highest BCUT2D eigenvalue weighted by atomic mass is 32.2. The Morgan fingerprint density at radius 2 is 1.75 bits per heavy atom. The minimum atomic E-state index is -3.37. The second-order valence-electron chi connectivity index (χ2n) is 9.74. The molecule has 2 heterocycles. The summed E-state index contributed by atoms with van der Waals surface area (Å²) in [7, 11) is -3.37. The van der Waals surface area contributed by atoms with E-state index in [-0.39, 0.29) is 39.4 Å². The number of ether oxygens (including phenoxy) is 3. The van der Waals surface area contributed by atoms with Crippen LogP contribution in [0.3, 0.4) is 0 Å². The molecule has 3 aromatic rings. The van der Waals surface area contributed by atoms with Crippen molar-refractivity contribution in [2.24, 2.45) is 0 Å². The van der Waals surface area contributed by atoms with Crippen LogP contribution in [0.25, 0.3) is 0 Å². The van der Waals surface area contributed by atoms with Crippen molar-refractivity contribution in [3.05, 3.63) is 71.4 Å².